The molecule has 0 unspecified atom stereocenters. The number of hydrogen-bond acceptors (Lipinski definition) is 3. The lowest BCUT2D eigenvalue weighted by Gasteiger charge is -2.23. The van der Waals surface area contributed by atoms with Crippen LogP contribution in [0.15, 0.2) is 6.07 Å². The lowest BCUT2D eigenvalue weighted by Crippen LogP contribution is -2.28. The smallest absolute Gasteiger partial charge is 0.0274 e. The number of rotatable bonds is 4. The quantitative estimate of drug-likeness (QED) is 0.874. The highest BCUT2D eigenvalue weighted by molar-refractivity contribution is 7.12. The Hall–Kier alpha value is -0.380. The molecule has 1 aromatic rings. The Balaban J connectivity index is 1.99. The summed E-state index contributed by atoms with van der Waals surface area (Å²) < 4.78 is 0. The summed E-state index contributed by atoms with van der Waals surface area (Å²) >= 11 is 1.85. The Labute approximate surface area is 102 Å². The van der Waals surface area contributed by atoms with Crippen LogP contribution in [0.1, 0.15) is 41.0 Å². The highest BCUT2D eigenvalue weighted by Gasteiger charge is 2.20. The van der Waals surface area contributed by atoms with Gasteiger partial charge in [-0.25, -0.2) is 0 Å². The van der Waals surface area contributed by atoms with Crippen molar-refractivity contribution < 1.29 is 0 Å². The number of hydrogen-bond donors (Lipinski definition) is 1. The van der Waals surface area contributed by atoms with Gasteiger partial charge >= 0.3 is 0 Å². The van der Waals surface area contributed by atoms with Gasteiger partial charge in [0.2, 0.25) is 0 Å². The second-order valence-electron chi connectivity index (χ2n) is 4.85. The Kier molecular flexibility index (Phi) is 4.00. The van der Waals surface area contributed by atoms with Gasteiger partial charge in [-0.3, -0.25) is 4.90 Å². The van der Waals surface area contributed by atoms with Crippen molar-refractivity contribution in [3.63, 3.8) is 0 Å². The van der Waals surface area contributed by atoms with Crippen LogP contribution in [0.4, 0.5) is 0 Å². The van der Waals surface area contributed by atoms with Gasteiger partial charge in [0.05, 0.1) is 0 Å². The molecule has 0 aromatic carbocycles. The standard InChI is InChI=1S/C13H22N2S/c1-10-11(7-13(8-14)16-10)9-15(2)12-5-3-4-6-12/h7,12H,3-6,8-9,14H2,1-2H3. The molecule has 0 aliphatic heterocycles. The Morgan fingerprint density at radius 1 is 1.44 bits per heavy atom. The van der Waals surface area contributed by atoms with E-state index in [1.165, 1.54) is 41.0 Å². The van der Waals surface area contributed by atoms with E-state index in [4.69, 9.17) is 5.73 Å². The van der Waals surface area contributed by atoms with E-state index in [0.717, 1.165) is 12.6 Å². The molecule has 0 atom stereocenters. The topological polar surface area (TPSA) is 29.3 Å². The normalized spacial score (nSPS) is 17.5. The molecule has 90 valence electrons. The molecule has 1 fully saturated rings. The van der Waals surface area contributed by atoms with Crippen molar-refractivity contribution in [2.75, 3.05) is 7.05 Å². The average molecular weight is 238 g/mol. The summed E-state index contributed by atoms with van der Waals surface area (Å²) in [5.74, 6) is 0. The molecule has 2 N–H and O–H groups in total. The van der Waals surface area contributed by atoms with E-state index in [-0.39, 0.29) is 0 Å². The van der Waals surface area contributed by atoms with Crippen molar-refractivity contribution in [2.45, 2.75) is 51.7 Å². The van der Waals surface area contributed by atoms with Gasteiger partial charge in [-0.15, -0.1) is 11.3 Å². The van der Waals surface area contributed by atoms with Crippen LogP contribution in [0.3, 0.4) is 0 Å². The Morgan fingerprint density at radius 2 is 2.12 bits per heavy atom. The van der Waals surface area contributed by atoms with Gasteiger partial charge in [-0.2, -0.15) is 0 Å². The summed E-state index contributed by atoms with van der Waals surface area (Å²) in [7, 11) is 2.26. The van der Waals surface area contributed by atoms with Crippen LogP contribution in [0, 0.1) is 6.92 Å². The molecule has 0 spiro atoms. The largest absolute Gasteiger partial charge is 0.326 e. The van der Waals surface area contributed by atoms with Crippen LogP contribution in [-0.2, 0) is 13.1 Å². The minimum absolute atomic E-state index is 0.679. The average Bonchev–Trinajstić information content (AvgIpc) is 2.88. The van der Waals surface area contributed by atoms with E-state index in [1.54, 1.807) is 0 Å². The summed E-state index contributed by atoms with van der Waals surface area (Å²) in [4.78, 5) is 5.26. The first kappa shape index (κ1) is 12.1. The van der Waals surface area contributed by atoms with Crippen molar-refractivity contribution >= 4 is 11.3 Å². The van der Waals surface area contributed by atoms with Crippen LogP contribution < -0.4 is 5.73 Å². The zero-order valence-corrected chi connectivity index (χ0v) is 11.1. The second kappa shape index (κ2) is 5.30. The number of aryl methyl sites for hydroxylation is 1. The molecule has 1 saturated carbocycles. The SMILES string of the molecule is Cc1sc(CN)cc1CN(C)C1CCCC1. The Morgan fingerprint density at radius 3 is 2.69 bits per heavy atom. The molecular weight excluding hydrogens is 216 g/mol. The van der Waals surface area contributed by atoms with Gasteiger partial charge in [0.15, 0.2) is 0 Å². The summed E-state index contributed by atoms with van der Waals surface area (Å²) in [5, 5.41) is 0. The van der Waals surface area contributed by atoms with Crippen LogP contribution in [0.25, 0.3) is 0 Å². The maximum absolute atomic E-state index is 5.68. The maximum atomic E-state index is 5.68. The van der Waals surface area contributed by atoms with Crippen molar-refractivity contribution in [3.05, 3.63) is 21.4 Å². The van der Waals surface area contributed by atoms with Gasteiger partial charge in [0, 0.05) is 28.9 Å². The number of nitrogens with zero attached hydrogens (tertiary/aromatic N) is 1. The fourth-order valence-corrected chi connectivity index (χ4v) is 3.52. The minimum atomic E-state index is 0.679. The van der Waals surface area contributed by atoms with Gasteiger partial charge in [0.1, 0.15) is 0 Å². The first-order valence-corrected chi connectivity index (χ1v) is 7.01. The van der Waals surface area contributed by atoms with Crippen LogP contribution >= 0.6 is 11.3 Å². The summed E-state index contributed by atoms with van der Waals surface area (Å²) in [6.45, 7) is 3.98. The lowest BCUT2D eigenvalue weighted by molar-refractivity contribution is 0.237. The fourth-order valence-electron chi connectivity index (χ4n) is 2.59. The number of thiophene rings is 1. The van der Waals surface area contributed by atoms with E-state index >= 15 is 0 Å². The monoisotopic (exact) mass is 238 g/mol. The third kappa shape index (κ3) is 2.65. The van der Waals surface area contributed by atoms with Crippen LogP contribution in [0.2, 0.25) is 0 Å². The number of nitrogens with two attached hydrogens (primary N) is 1. The molecule has 0 saturated heterocycles. The third-order valence-electron chi connectivity index (χ3n) is 3.64. The second-order valence-corrected chi connectivity index (χ2v) is 6.19. The van der Waals surface area contributed by atoms with E-state index in [1.807, 2.05) is 11.3 Å². The van der Waals surface area contributed by atoms with E-state index in [9.17, 15) is 0 Å². The van der Waals surface area contributed by atoms with Crippen molar-refractivity contribution in [3.8, 4) is 0 Å². The van der Waals surface area contributed by atoms with Crippen molar-refractivity contribution in [2.24, 2.45) is 5.73 Å². The first-order chi connectivity index (χ1) is 7.70. The van der Waals surface area contributed by atoms with Gasteiger partial charge in [0.25, 0.3) is 0 Å². The van der Waals surface area contributed by atoms with E-state index in [2.05, 4.69) is 24.9 Å². The molecule has 1 aliphatic carbocycles. The zero-order chi connectivity index (χ0) is 11.5. The van der Waals surface area contributed by atoms with Gasteiger partial charge in [-0.1, -0.05) is 12.8 Å². The van der Waals surface area contributed by atoms with Gasteiger partial charge < -0.3 is 5.73 Å². The van der Waals surface area contributed by atoms with Crippen LogP contribution in [0.5, 0.6) is 0 Å². The molecular formula is C13H22N2S. The van der Waals surface area contributed by atoms with E-state index < -0.39 is 0 Å². The summed E-state index contributed by atoms with van der Waals surface area (Å²) in [6, 6.07) is 3.09. The van der Waals surface area contributed by atoms with Crippen molar-refractivity contribution in [1.29, 1.82) is 0 Å². The molecule has 1 aromatic heterocycles. The molecule has 0 bridgehead atoms. The molecule has 1 aliphatic rings. The highest BCUT2D eigenvalue weighted by Crippen LogP contribution is 2.27. The predicted octanol–water partition coefficient (Wildman–Crippen LogP) is 2.89. The molecule has 0 radical (unpaired) electrons. The molecule has 2 nitrogen and oxygen atoms in total. The highest BCUT2D eigenvalue weighted by atomic mass is 32.1. The molecule has 3 heteroatoms. The molecule has 1 heterocycles. The van der Waals surface area contributed by atoms with Gasteiger partial charge in [-0.05, 0) is 38.4 Å². The summed E-state index contributed by atoms with van der Waals surface area (Å²) in [6.07, 6.45) is 5.57. The van der Waals surface area contributed by atoms with Crippen LogP contribution in [-0.4, -0.2) is 18.0 Å². The first-order valence-electron chi connectivity index (χ1n) is 6.19. The molecule has 16 heavy (non-hydrogen) atoms. The maximum Gasteiger partial charge on any atom is 0.0274 e. The minimum Gasteiger partial charge on any atom is -0.326 e. The predicted molar refractivity (Wildman–Crippen MR) is 70.7 cm³/mol. The lowest BCUT2D eigenvalue weighted by atomic mass is 10.2. The van der Waals surface area contributed by atoms with Crippen molar-refractivity contribution in [1.82, 2.24) is 4.90 Å². The Bertz CT molecular complexity index is 340. The summed E-state index contributed by atoms with van der Waals surface area (Å²) in [5.41, 5.74) is 7.15. The zero-order valence-electron chi connectivity index (χ0n) is 10.3. The molecule has 2 rings (SSSR count). The van der Waals surface area contributed by atoms with E-state index in [0.29, 0.717) is 6.54 Å². The fraction of sp³-hybridized carbons (Fsp3) is 0.692. The molecule has 0 amide bonds. The third-order valence-corrected chi connectivity index (χ3v) is 4.76.